The molecule has 2 aliphatic rings. The van der Waals surface area contributed by atoms with E-state index in [0.717, 1.165) is 16.7 Å². The van der Waals surface area contributed by atoms with E-state index in [2.05, 4.69) is 0 Å². The molecule has 0 unspecified atom stereocenters. The molecule has 1 aromatic rings. The molecular formula is C16H15NO7S. The van der Waals surface area contributed by atoms with Gasteiger partial charge in [-0.05, 0) is 42.5 Å². The number of amides is 2. The third kappa shape index (κ3) is 3.41. The number of methoxy groups -OCH3 is 1. The van der Waals surface area contributed by atoms with E-state index in [4.69, 9.17) is 18.9 Å². The molecule has 0 saturated carbocycles. The average Bonchev–Trinajstić information content (AvgIpc) is 3.15. The van der Waals surface area contributed by atoms with Gasteiger partial charge in [-0.2, -0.15) is 0 Å². The smallest absolute Gasteiger partial charge is 0.326 e. The largest absolute Gasteiger partial charge is 0.493 e. The van der Waals surface area contributed by atoms with Crippen LogP contribution in [-0.2, 0) is 14.3 Å². The molecule has 0 spiro atoms. The summed E-state index contributed by atoms with van der Waals surface area (Å²) >= 11 is 0.761. The van der Waals surface area contributed by atoms with Gasteiger partial charge in [0.1, 0.15) is 6.54 Å². The number of ether oxygens (including phenoxy) is 4. The number of thioether (sulfide) groups is 1. The molecule has 1 fully saturated rings. The zero-order valence-corrected chi connectivity index (χ0v) is 14.4. The molecule has 1 saturated heterocycles. The number of hydrogen-bond acceptors (Lipinski definition) is 8. The predicted octanol–water partition coefficient (Wildman–Crippen LogP) is 2.02. The van der Waals surface area contributed by atoms with Crippen LogP contribution in [0.25, 0.3) is 6.08 Å². The number of benzene rings is 1. The topological polar surface area (TPSA) is 91.4 Å². The highest BCUT2D eigenvalue weighted by atomic mass is 32.2. The van der Waals surface area contributed by atoms with Gasteiger partial charge in [-0.25, -0.2) is 0 Å². The third-order valence-corrected chi connectivity index (χ3v) is 4.35. The Kier molecular flexibility index (Phi) is 4.84. The summed E-state index contributed by atoms with van der Waals surface area (Å²) in [5, 5.41) is -0.517. The molecule has 1 aromatic carbocycles. The zero-order valence-electron chi connectivity index (χ0n) is 13.6. The molecule has 8 nitrogen and oxygen atoms in total. The van der Waals surface area contributed by atoms with Gasteiger partial charge in [0.25, 0.3) is 11.1 Å². The van der Waals surface area contributed by atoms with Crippen molar-refractivity contribution in [3.05, 3.63) is 22.6 Å². The van der Waals surface area contributed by atoms with Gasteiger partial charge in [0.2, 0.25) is 12.5 Å². The minimum absolute atomic E-state index is 0.0885. The average molecular weight is 365 g/mol. The van der Waals surface area contributed by atoms with Gasteiger partial charge in [0, 0.05) is 0 Å². The van der Waals surface area contributed by atoms with Crippen LogP contribution in [0.5, 0.6) is 17.2 Å². The molecule has 132 valence electrons. The number of carbonyl (C=O) groups excluding carboxylic acids is 3. The summed E-state index contributed by atoms with van der Waals surface area (Å²) in [7, 11) is 1.49. The number of hydrogen-bond donors (Lipinski definition) is 0. The molecule has 9 heteroatoms. The van der Waals surface area contributed by atoms with Crippen molar-refractivity contribution in [2.45, 2.75) is 6.92 Å². The van der Waals surface area contributed by atoms with E-state index in [1.807, 2.05) is 0 Å². The standard InChI is InChI=1S/C16H15NO7S/c1-3-22-13(18)7-17-15(19)12(25-16(17)20)6-9-4-10(21-2)14-11(5-9)23-8-24-14/h4-6H,3,7-8H2,1-2H3/b12-6+. The van der Waals surface area contributed by atoms with Crippen LogP contribution in [0.15, 0.2) is 17.0 Å². The van der Waals surface area contributed by atoms with Crippen LogP contribution in [0.3, 0.4) is 0 Å². The Labute approximate surface area is 147 Å². The Balaban J connectivity index is 1.84. The van der Waals surface area contributed by atoms with E-state index in [9.17, 15) is 14.4 Å². The molecule has 2 heterocycles. The highest BCUT2D eigenvalue weighted by Crippen LogP contribution is 2.43. The minimum Gasteiger partial charge on any atom is -0.493 e. The molecule has 2 amide bonds. The van der Waals surface area contributed by atoms with E-state index in [0.29, 0.717) is 22.8 Å². The summed E-state index contributed by atoms with van der Waals surface area (Å²) < 4.78 is 20.7. The Morgan fingerprint density at radius 3 is 2.88 bits per heavy atom. The lowest BCUT2D eigenvalue weighted by Crippen LogP contribution is -2.34. The van der Waals surface area contributed by atoms with Crippen molar-refractivity contribution in [2.24, 2.45) is 0 Å². The monoisotopic (exact) mass is 365 g/mol. The normalized spacial score (nSPS) is 17.4. The second kappa shape index (κ2) is 7.06. The first-order valence-electron chi connectivity index (χ1n) is 7.42. The van der Waals surface area contributed by atoms with Crippen LogP contribution in [0.2, 0.25) is 0 Å². The van der Waals surface area contributed by atoms with Crippen molar-refractivity contribution in [3.8, 4) is 17.2 Å². The summed E-state index contributed by atoms with van der Waals surface area (Å²) in [6, 6.07) is 3.36. The summed E-state index contributed by atoms with van der Waals surface area (Å²) in [5.41, 5.74) is 0.614. The van der Waals surface area contributed by atoms with Crippen LogP contribution < -0.4 is 14.2 Å². The van der Waals surface area contributed by atoms with Crippen molar-refractivity contribution in [1.29, 1.82) is 0 Å². The van der Waals surface area contributed by atoms with Crippen molar-refractivity contribution >= 4 is 35.0 Å². The van der Waals surface area contributed by atoms with Crippen LogP contribution >= 0.6 is 11.8 Å². The van der Waals surface area contributed by atoms with Crippen molar-refractivity contribution in [3.63, 3.8) is 0 Å². The molecule has 0 N–H and O–H groups in total. The van der Waals surface area contributed by atoms with Crippen LogP contribution in [0, 0.1) is 0 Å². The summed E-state index contributed by atoms with van der Waals surface area (Å²) in [4.78, 5) is 36.9. The Bertz CT molecular complexity index is 774. The highest BCUT2D eigenvalue weighted by Gasteiger charge is 2.36. The van der Waals surface area contributed by atoms with Gasteiger partial charge in [0.05, 0.1) is 18.6 Å². The fourth-order valence-corrected chi connectivity index (χ4v) is 3.19. The number of carbonyl (C=O) groups is 3. The van der Waals surface area contributed by atoms with Gasteiger partial charge < -0.3 is 18.9 Å². The number of imide groups is 1. The number of nitrogens with zero attached hydrogens (tertiary/aromatic N) is 1. The van der Waals surface area contributed by atoms with Crippen molar-refractivity contribution < 1.29 is 33.3 Å². The molecule has 3 rings (SSSR count). The summed E-state index contributed by atoms with van der Waals surface area (Å²) in [6.45, 7) is 1.52. The zero-order chi connectivity index (χ0) is 18.0. The van der Waals surface area contributed by atoms with Crippen molar-refractivity contribution in [1.82, 2.24) is 4.90 Å². The molecule has 0 atom stereocenters. The van der Waals surface area contributed by atoms with Crippen molar-refractivity contribution in [2.75, 3.05) is 27.1 Å². The Morgan fingerprint density at radius 1 is 1.36 bits per heavy atom. The lowest BCUT2D eigenvalue weighted by Gasteiger charge is -2.10. The minimum atomic E-state index is -0.629. The van der Waals surface area contributed by atoms with E-state index in [1.54, 1.807) is 25.1 Å². The molecule has 0 bridgehead atoms. The number of fused-ring (bicyclic) bond motifs is 1. The highest BCUT2D eigenvalue weighted by molar-refractivity contribution is 8.18. The Hall–Kier alpha value is -2.68. The van der Waals surface area contributed by atoms with Crippen LogP contribution in [0.4, 0.5) is 4.79 Å². The first kappa shape index (κ1) is 17.2. The van der Waals surface area contributed by atoms with Gasteiger partial charge in [-0.15, -0.1) is 0 Å². The first-order chi connectivity index (χ1) is 12.0. The SMILES string of the molecule is CCOC(=O)CN1C(=O)S/C(=C/c2cc(OC)c3c(c2)OCO3)C1=O. The molecule has 25 heavy (non-hydrogen) atoms. The quantitative estimate of drug-likeness (QED) is 0.578. The fraction of sp³-hybridized carbons (Fsp3) is 0.312. The molecule has 0 aliphatic carbocycles. The third-order valence-electron chi connectivity index (χ3n) is 3.44. The maximum Gasteiger partial charge on any atom is 0.326 e. The molecule has 0 radical (unpaired) electrons. The maximum absolute atomic E-state index is 12.4. The number of rotatable bonds is 5. The van der Waals surface area contributed by atoms with E-state index >= 15 is 0 Å². The summed E-state index contributed by atoms with van der Waals surface area (Å²) in [5.74, 6) is 0.286. The lowest BCUT2D eigenvalue weighted by molar-refractivity contribution is -0.145. The molecular weight excluding hydrogens is 350 g/mol. The molecule has 0 aromatic heterocycles. The van der Waals surface area contributed by atoms with Gasteiger partial charge >= 0.3 is 5.97 Å². The first-order valence-corrected chi connectivity index (χ1v) is 8.23. The predicted molar refractivity (Wildman–Crippen MR) is 88.4 cm³/mol. The van der Waals surface area contributed by atoms with Crippen LogP contribution in [-0.4, -0.2) is 49.1 Å². The van der Waals surface area contributed by atoms with Gasteiger partial charge in [-0.3, -0.25) is 19.3 Å². The Morgan fingerprint density at radius 2 is 2.16 bits per heavy atom. The second-order valence-electron chi connectivity index (χ2n) is 5.03. The van der Waals surface area contributed by atoms with Crippen LogP contribution in [0.1, 0.15) is 12.5 Å². The maximum atomic E-state index is 12.4. The molecule has 2 aliphatic heterocycles. The van der Waals surface area contributed by atoms with E-state index in [-0.39, 0.29) is 18.3 Å². The van der Waals surface area contributed by atoms with Gasteiger partial charge in [-0.1, -0.05) is 0 Å². The fourth-order valence-electron chi connectivity index (χ4n) is 2.36. The van der Waals surface area contributed by atoms with E-state index < -0.39 is 23.7 Å². The summed E-state index contributed by atoms with van der Waals surface area (Å²) in [6.07, 6.45) is 1.54. The number of esters is 1. The van der Waals surface area contributed by atoms with Gasteiger partial charge in [0.15, 0.2) is 11.5 Å². The lowest BCUT2D eigenvalue weighted by atomic mass is 10.1. The van der Waals surface area contributed by atoms with E-state index in [1.165, 1.54) is 7.11 Å². The second-order valence-corrected chi connectivity index (χ2v) is 6.02.